The summed E-state index contributed by atoms with van der Waals surface area (Å²) < 4.78 is 0. The summed E-state index contributed by atoms with van der Waals surface area (Å²) in [5.41, 5.74) is 1.64. The molecule has 42 heavy (non-hydrogen) atoms. The second-order valence-electron chi connectivity index (χ2n) is 16.8. The summed E-state index contributed by atoms with van der Waals surface area (Å²) >= 11 is 0. The van der Waals surface area contributed by atoms with Gasteiger partial charge in [-0.15, -0.1) is 0 Å². The highest BCUT2D eigenvalue weighted by atomic mass is 16.3. The predicted molar refractivity (Wildman–Crippen MR) is 169 cm³/mol. The van der Waals surface area contributed by atoms with E-state index in [0.717, 1.165) is 24.8 Å². The van der Waals surface area contributed by atoms with Gasteiger partial charge in [0.2, 0.25) is 0 Å². The number of Topliss-reactive ketones (excluding diaryl/α,β-unsaturated/α-hetero) is 3. The molecule has 0 bridgehead atoms. The van der Waals surface area contributed by atoms with E-state index in [1.165, 1.54) is 37.7 Å². The van der Waals surface area contributed by atoms with Gasteiger partial charge in [0.05, 0.1) is 6.10 Å². The third-order valence-electron chi connectivity index (χ3n) is 13.7. The largest absolute Gasteiger partial charge is 0.389 e. The van der Waals surface area contributed by atoms with Gasteiger partial charge in [-0.1, -0.05) is 97.8 Å². The first kappa shape index (κ1) is 31.9. The van der Waals surface area contributed by atoms with Crippen molar-refractivity contribution in [3.05, 3.63) is 22.8 Å². The zero-order valence-corrected chi connectivity index (χ0v) is 28.0. The molecule has 5 aliphatic rings. The van der Waals surface area contributed by atoms with Crippen LogP contribution in [0.3, 0.4) is 0 Å². The van der Waals surface area contributed by atoms with E-state index in [2.05, 4.69) is 54.5 Å². The quantitative estimate of drug-likeness (QED) is 0.322. The molecule has 0 radical (unpaired) electrons. The van der Waals surface area contributed by atoms with Crippen molar-refractivity contribution in [1.29, 1.82) is 0 Å². The molecule has 234 valence electrons. The van der Waals surface area contributed by atoms with Crippen molar-refractivity contribution in [1.82, 2.24) is 0 Å². The molecule has 3 fully saturated rings. The van der Waals surface area contributed by atoms with E-state index in [9.17, 15) is 19.5 Å². The SMILES string of the molecule is CC1=C(C(C)O)C(=O)C2(C)C(C)C3C(=O)C4C(C)C(CC(=O)CC5CCCCC5)=CC(C(C)C)C4CC3(C)CC2(C)C1. The molecule has 0 amide bonds. The summed E-state index contributed by atoms with van der Waals surface area (Å²) in [6.07, 6.45) is 11.6. The maximum Gasteiger partial charge on any atom is 0.168 e. The molecule has 10 unspecified atom stereocenters. The first-order chi connectivity index (χ1) is 19.6. The van der Waals surface area contributed by atoms with Crippen LogP contribution in [0.25, 0.3) is 0 Å². The molecule has 4 nitrogen and oxygen atoms in total. The number of hydrogen-bond donors (Lipinski definition) is 1. The molecule has 0 aromatic rings. The van der Waals surface area contributed by atoms with Crippen molar-refractivity contribution in [2.45, 2.75) is 133 Å². The van der Waals surface area contributed by atoms with Crippen molar-refractivity contribution < 1.29 is 19.5 Å². The maximum absolute atomic E-state index is 15.0. The Morgan fingerprint density at radius 3 is 2.29 bits per heavy atom. The molecule has 0 spiro atoms. The summed E-state index contributed by atoms with van der Waals surface area (Å²) in [6.45, 7) is 19.4. The van der Waals surface area contributed by atoms with Gasteiger partial charge in [0.25, 0.3) is 0 Å². The molecule has 0 aromatic carbocycles. The smallest absolute Gasteiger partial charge is 0.168 e. The molecule has 5 rings (SSSR count). The lowest BCUT2D eigenvalue weighted by molar-refractivity contribution is -0.187. The Kier molecular flexibility index (Phi) is 8.43. The van der Waals surface area contributed by atoms with Crippen molar-refractivity contribution in [3.8, 4) is 0 Å². The van der Waals surface area contributed by atoms with Gasteiger partial charge in [0, 0.05) is 35.7 Å². The summed E-state index contributed by atoms with van der Waals surface area (Å²) in [5, 5.41) is 10.6. The van der Waals surface area contributed by atoms with Gasteiger partial charge in [0.1, 0.15) is 11.6 Å². The molecule has 3 saturated carbocycles. The van der Waals surface area contributed by atoms with Gasteiger partial charge >= 0.3 is 0 Å². The highest BCUT2D eigenvalue weighted by Gasteiger charge is 2.69. The molecular formula is C38H58O4. The van der Waals surface area contributed by atoms with E-state index in [4.69, 9.17) is 0 Å². The summed E-state index contributed by atoms with van der Waals surface area (Å²) in [5.74, 6) is 1.90. The van der Waals surface area contributed by atoms with Crippen LogP contribution in [0.5, 0.6) is 0 Å². The first-order valence-corrected chi connectivity index (χ1v) is 17.2. The van der Waals surface area contributed by atoms with Gasteiger partial charge in [-0.2, -0.15) is 0 Å². The molecule has 0 heterocycles. The highest BCUT2D eigenvalue weighted by Crippen LogP contribution is 2.70. The van der Waals surface area contributed by atoms with Gasteiger partial charge < -0.3 is 5.11 Å². The lowest BCUT2D eigenvalue weighted by atomic mass is 9.35. The second kappa shape index (κ2) is 11.1. The molecule has 5 aliphatic carbocycles. The minimum atomic E-state index is -0.796. The van der Waals surface area contributed by atoms with Crippen molar-refractivity contribution in [3.63, 3.8) is 0 Å². The van der Waals surface area contributed by atoms with Crippen LogP contribution in [-0.4, -0.2) is 28.6 Å². The predicted octanol–water partition coefficient (Wildman–Crippen LogP) is 8.31. The molecule has 1 N–H and O–H groups in total. The van der Waals surface area contributed by atoms with E-state index < -0.39 is 11.5 Å². The molecule has 10 atom stereocenters. The topological polar surface area (TPSA) is 71.4 Å². The van der Waals surface area contributed by atoms with E-state index in [1.807, 2.05) is 6.92 Å². The number of aliphatic hydroxyl groups excluding tert-OH is 1. The van der Waals surface area contributed by atoms with Crippen LogP contribution >= 0.6 is 0 Å². The molecule has 0 saturated heterocycles. The fraction of sp³-hybridized carbons (Fsp3) is 0.816. The number of hydrogen-bond acceptors (Lipinski definition) is 4. The van der Waals surface area contributed by atoms with Crippen LogP contribution < -0.4 is 0 Å². The third kappa shape index (κ3) is 4.85. The normalized spacial score (nSPS) is 43.5. The average Bonchev–Trinajstić information content (AvgIpc) is 2.87. The average molecular weight is 579 g/mol. The lowest BCUT2D eigenvalue weighted by Gasteiger charge is -2.67. The van der Waals surface area contributed by atoms with E-state index in [0.29, 0.717) is 47.7 Å². The number of carbonyl (C=O) groups is 3. The number of allylic oxidation sites excluding steroid dienone is 3. The van der Waals surface area contributed by atoms with Crippen LogP contribution in [-0.2, 0) is 14.4 Å². The van der Waals surface area contributed by atoms with E-state index in [-0.39, 0.29) is 46.2 Å². The molecular weight excluding hydrogens is 520 g/mol. The highest BCUT2D eigenvalue weighted by molar-refractivity contribution is 6.03. The van der Waals surface area contributed by atoms with Crippen molar-refractivity contribution >= 4 is 17.3 Å². The zero-order chi connectivity index (χ0) is 30.9. The Labute approximate surface area is 255 Å². The lowest BCUT2D eigenvalue weighted by Crippen LogP contribution is -2.66. The summed E-state index contributed by atoms with van der Waals surface area (Å²) in [4.78, 5) is 42.6. The van der Waals surface area contributed by atoms with E-state index in [1.54, 1.807) is 6.92 Å². The Morgan fingerprint density at radius 1 is 1.05 bits per heavy atom. The first-order valence-electron chi connectivity index (χ1n) is 17.2. The van der Waals surface area contributed by atoms with Crippen LogP contribution in [0.1, 0.15) is 127 Å². The van der Waals surface area contributed by atoms with Crippen LogP contribution in [0.4, 0.5) is 0 Å². The van der Waals surface area contributed by atoms with Gasteiger partial charge in [0.15, 0.2) is 5.78 Å². The van der Waals surface area contributed by atoms with Crippen LogP contribution in [0.2, 0.25) is 0 Å². The fourth-order valence-electron chi connectivity index (χ4n) is 11.6. The van der Waals surface area contributed by atoms with Gasteiger partial charge in [-0.05, 0) is 79.4 Å². The number of rotatable bonds is 6. The standard InChI is InChI=1S/C38H58O4/c1-21(2)29-17-27(16-28(40)15-26-13-11-10-12-14-26)23(4)32-30(29)19-36(7)20-37(8)18-22(3)31(25(6)39)35(42)38(37,9)24(5)33(36)34(32)41/h17,21,23-26,29-30,32-33,39H,10-16,18-20H2,1-9H3. The summed E-state index contributed by atoms with van der Waals surface area (Å²) in [6, 6.07) is 0. The van der Waals surface area contributed by atoms with Crippen molar-refractivity contribution in [2.75, 3.05) is 0 Å². The Morgan fingerprint density at radius 2 is 1.69 bits per heavy atom. The maximum atomic E-state index is 15.0. The Bertz CT molecular complexity index is 1180. The second-order valence-corrected chi connectivity index (χ2v) is 16.8. The monoisotopic (exact) mass is 578 g/mol. The number of aliphatic hydroxyl groups is 1. The van der Waals surface area contributed by atoms with Gasteiger partial charge in [-0.25, -0.2) is 0 Å². The molecule has 0 aromatic heterocycles. The number of carbonyl (C=O) groups excluding carboxylic acids is 3. The minimum Gasteiger partial charge on any atom is -0.389 e. The van der Waals surface area contributed by atoms with Gasteiger partial charge in [-0.3, -0.25) is 14.4 Å². The Balaban J connectivity index is 1.49. The summed E-state index contributed by atoms with van der Waals surface area (Å²) in [7, 11) is 0. The van der Waals surface area contributed by atoms with E-state index >= 15 is 0 Å². The molecule has 0 aliphatic heterocycles. The van der Waals surface area contributed by atoms with Crippen LogP contribution in [0.15, 0.2) is 22.8 Å². The zero-order valence-electron chi connectivity index (χ0n) is 28.0. The Hall–Kier alpha value is -1.55. The number of ketones is 3. The number of fused-ring (bicyclic) bond motifs is 3. The third-order valence-corrected chi connectivity index (χ3v) is 13.7. The van der Waals surface area contributed by atoms with Crippen LogP contribution in [0, 0.1) is 63.6 Å². The van der Waals surface area contributed by atoms with Crippen molar-refractivity contribution in [2.24, 2.45) is 63.6 Å². The minimum absolute atomic E-state index is 0.0545. The fourth-order valence-corrected chi connectivity index (χ4v) is 11.6. The molecule has 4 heteroatoms.